The van der Waals surface area contributed by atoms with Gasteiger partial charge in [-0.25, -0.2) is 9.97 Å². The average molecular weight is 455 g/mol. The van der Waals surface area contributed by atoms with Crippen molar-refractivity contribution in [1.82, 2.24) is 25.1 Å². The molecule has 0 aliphatic heterocycles. The van der Waals surface area contributed by atoms with Gasteiger partial charge in [-0.1, -0.05) is 13.8 Å². The summed E-state index contributed by atoms with van der Waals surface area (Å²) < 4.78 is 5.12. The van der Waals surface area contributed by atoms with Gasteiger partial charge in [0.25, 0.3) is 0 Å². The van der Waals surface area contributed by atoms with Gasteiger partial charge in [-0.05, 0) is 47.4 Å². The van der Waals surface area contributed by atoms with Gasteiger partial charge in [0.05, 0.1) is 36.0 Å². The monoisotopic (exact) mass is 454 g/mol. The number of methoxy groups -OCH3 is 1. The van der Waals surface area contributed by atoms with Crippen LogP contribution in [-0.4, -0.2) is 51.2 Å². The topological polar surface area (TPSA) is 122 Å². The molecule has 0 fully saturated rings. The predicted molar refractivity (Wildman–Crippen MR) is 134 cm³/mol. The van der Waals surface area contributed by atoms with Crippen molar-refractivity contribution in [2.45, 2.75) is 25.7 Å². The van der Waals surface area contributed by atoms with Crippen molar-refractivity contribution in [2.75, 3.05) is 19.5 Å². The Morgan fingerprint density at radius 3 is 2.56 bits per heavy atom. The normalized spacial score (nSPS) is 12.3. The molecule has 4 heterocycles. The molecule has 1 atom stereocenters. The smallest absolute Gasteiger partial charge is 0.212 e. The number of fused-ring (bicyclic) bond motifs is 1. The number of aromatic nitrogens is 5. The van der Waals surface area contributed by atoms with E-state index in [1.54, 1.807) is 45.0 Å². The zero-order valence-corrected chi connectivity index (χ0v) is 19.5. The Labute approximate surface area is 197 Å². The molecule has 0 spiro atoms. The minimum atomic E-state index is -0.399. The third-order valence-electron chi connectivity index (χ3n) is 5.38. The highest BCUT2D eigenvalue weighted by molar-refractivity contribution is 6.12. The van der Waals surface area contributed by atoms with Crippen molar-refractivity contribution in [3.05, 3.63) is 71.7 Å². The molecule has 0 amide bonds. The first-order chi connectivity index (χ1) is 16.5. The predicted octanol–water partition coefficient (Wildman–Crippen LogP) is 4.54. The first-order valence-electron chi connectivity index (χ1n) is 10.9. The molecule has 4 aromatic rings. The molecule has 0 saturated heterocycles. The van der Waals surface area contributed by atoms with E-state index in [9.17, 15) is 0 Å². The number of hydrogen-bond donors (Lipinski definition) is 2. The SMILES string of the molecule is CN=CC(C(=N)c1ccc(OC)nc1)c1cnc2ccc(Nc3cc(C(C)C)cnn3)nc2c1. The fourth-order valence-electron chi connectivity index (χ4n) is 3.47. The van der Waals surface area contributed by atoms with Crippen LogP contribution in [0.3, 0.4) is 0 Å². The molecule has 0 aromatic carbocycles. The standard InChI is InChI=1S/C25H26N8O/c1-15(2)17-10-23(33-30-13-17)32-22-7-6-20-21(31-22)9-18(12-28-20)19(14-27-3)25(26)16-5-8-24(34-4)29-11-16/h5-15,19,26H,1-4H3,(H,31,32,33). The summed E-state index contributed by atoms with van der Waals surface area (Å²) in [7, 11) is 3.25. The van der Waals surface area contributed by atoms with E-state index in [-0.39, 0.29) is 0 Å². The van der Waals surface area contributed by atoms with Gasteiger partial charge in [0, 0.05) is 37.3 Å². The van der Waals surface area contributed by atoms with E-state index in [1.807, 2.05) is 30.3 Å². The molecule has 0 aliphatic carbocycles. The van der Waals surface area contributed by atoms with Crippen LogP contribution in [0.15, 0.2) is 60.0 Å². The Hall–Kier alpha value is -4.27. The molecular weight excluding hydrogens is 428 g/mol. The third kappa shape index (κ3) is 5.03. The number of anilines is 2. The molecule has 172 valence electrons. The number of ether oxygens (including phenoxy) is 1. The van der Waals surface area contributed by atoms with Gasteiger partial charge in [0.2, 0.25) is 5.88 Å². The van der Waals surface area contributed by atoms with Crippen molar-refractivity contribution < 1.29 is 4.74 Å². The lowest BCUT2D eigenvalue weighted by atomic mass is 9.92. The number of nitrogens with zero attached hydrogens (tertiary/aromatic N) is 6. The fourth-order valence-corrected chi connectivity index (χ4v) is 3.47. The number of pyridine rings is 3. The first-order valence-corrected chi connectivity index (χ1v) is 10.9. The molecule has 0 saturated carbocycles. The van der Waals surface area contributed by atoms with Crippen LogP contribution in [0.5, 0.6) is 5.88 Å². The largest absolute Gasteiger partial charge is 0.481 e. The van der Waals surface area contributed by atoms with Crippen LogP contribution < -0.4 is 10.1 Å². The highest BCUT2D eigenvalue weighted by Gasteiger charge is 2.19. The Bertz CT molecular complexity index is 1330. The highest BCUT2D eigenvalue weighted by atomic mass is 16.5. The second-order valence-corrected chi connectivity index (χ2v) is 8.05. The fraction of sp³-hybridized carbons (Fsp3) is 0.240. The molecule has 0 bridgehead atoms. The van der Waals surface area contributed by atoms with Gasteiger partial charge in [-0.3, -0.25) is 9.98 Å². The zero-order chi connectivity index (χ0) is 24.1. The Morgan fingerprint density at radius 2 is 1.85 bits per heavy atom. The Balaban J connectivity index is 1.65. The second-order valence-electron chi connectivity index (χ2n) is 8.05. The summed E-state index contributed by atoms with van der Waals surface area (Å²) in [5, 5.41) is 20.2. The average Bonchev–Trinajstić information content (AvgIpc) is 2.86. The molecule has 4 rings (SSSR count). The number of hydrogen-bond acceptors (Lipinski definition) is 9. The number of nitrogens with one attached hydrogen (secondary N) is 2. The van der Waals surface area contributed by atoms with Gasteiger partial charge >= 0.3 is 0 Å². The summed E-state index contributed by atoms with van der Waals surface area (Å²) in [6.07, 6.45) is 6.87. The minimum Gasteiger partial charge on any atom is -0.481 e. The molecule has 2 N–H and O–H groups in total. The van der Waals surface area contributed by atoms with Crippen molar-refractivity contribution in [3.63, 3.8) is 0 Å². The Kier molecular flexibility index (Phi) is 6.82. The lowest BCUT2D eigenvalue weighted by Crippen LogP contribution is -2.15. The second kappa shape index (κ2) is 10.1. The van der Waals surface area contributed by atoms with Gasteiger partial charge in [0.1, 0.15) is 5.82 Å². The summed E-state index contributed by atoms with van der Waals surface area (Å²) in [6.45, 7) is 4.22. The van der Waals surface area contributed by atoms with E-state index in [0.717, 1.165) is 16.6 Å². The van der Waals surface area contributed by atoms with E-state index < -0.39 is 5.92 Å². The van der Waals surface area contributed by atoms with Crippen molar-refractivity contribution in [1.29, 1.82) is 5.41 Å². The first kappa shape index (κ1) is 22.9. The molecule has 4 aromatic heterocycles. The summed E-state index contributed by atoms with van der Waals surface area (Å²) in [5.74, 6) is 1.71. The number of aliphatic imine (C=N–C) groups is 1. The molecule has 0 radical (unpaired) electrons. The van der Waals surface area contributed by atoms with Crippen LogP contribution >= 0.6 is 0 Å². The molecule has 1 unspecified atom stereocenters. The van der Waals surface area contributed by atoms with E-state index in [4.69, 9.17) is 15.1 Å². The van der Waals surface area contributed by atoms with E-state index >= 15 is 0 Å². The minimum absolute atomic E-state index is 0.348. The lowest BCUT2D eigenvalue weighted by molar-refractivity contribution is 0.398. The highest BCUT2D eigenvalue weighted by Crippen LogP contribution is 2.24. The van der Waals surface area contributed by atoms with Crippen molar-refractivity contribution >= 4 is 34.6 Å². The van der Waals surface area contributed by atoms with Crippen molar-refractivity contribution in [3.8, 4) is 5.88 Å². The zero-order valence-electron chi connectivity index (χ0n) is 19.5. The lowest BCUT2D eigenvalue weighted by Gasteiger charge is -2.15. The molecule has 0 aliphatic rings. The summed E-state index contributed by atoms with van der Waals surface area (Å²) in [4.78, 5) is 17.7. The van der Waals surface area contributed by atoms with Crippen LogP contribution in [0.2, 0.25) is 0 Å². The van der Waals surface area contributed by atoms with Gasteiger partial charge in [0.15, 0.2) is 5.82 Å². The maximum Gasteiger partial charge on any atom is 0.212 e. The molecule has 9 heteroatoms. The molecule has 34 heavy (non-hydrogen) atoms. The van der Waals surface area contributed by atoms with E-state index in [2.05, 4.69) is 44.3 Å². The van der Waals surface area contributed by atoms with Crippen LogP contribution in [0.25, 0.3) is 11.0 Å². The summed E-state index contributed by atoms with van der Waals surface area (Å²) in [5.41, 5.74) is 4.39. The van der Waals surface area contributed by atoms with E-state index in [0.29, 0.717) is 40.2 Å². The van der Waals surface area contributed by atoms with Gasteiger partial charge < -0.3 is 15.5 Å². The van der Waals surface area contributed by atoms with Crippen molar-refractivity contribution in [2.24, 2.45) is 4.99 Å². The van der Waals surface area contributed by atoms with Crippen LogP contribution in [0, 0.1) is 5.41 Å². The molecular formula is C25H26N8O. The maximum absolute atomic E-state index is 8.76. The van der Waals surface area contributed by atoms with Gasteiger partial charge in [-0.2, -0.15) is 5.10 Å². The van der Waals surface area contributed by atoms with Gasteiger partial charge in [-0.15, -0.1) is 5.10 Å². The number of rotatable bonds is 8. The van der Waals surface area contributed by atoms with Crippen LogP contribution in [0.4, 0.5) is 11.6 Å². The molecule has 9 nitrogen and oxygen atoms in total. The van der Waals surface area contributed by atoms with E-state index in [1.165, 1.54) is 0 Å². The Morgan fingerprint density at radius 1 is 1.00 bits per heavy atom. The maximum atomic E-state index is 8.76. The third-order valence-corrected chi connectivity index (χ3v) is 5.38. The van der Waals surface area contributed by atoms with Crippen LogP contribution in [-0.2, 0) is 0 Å². The quantitative estimate of drug-likeness (QED) is 0.375. The summed E-state index contributed by atoms with van der Waals surface area (Å²) in [6, 6.07) is 11.2. The summed E-state index contributed by atoms with van der Waals surface area (Å²) >= 11 is 0. The van der Waals surface area contributed by atoms with Crippen LogP contribution in [0.1, 0.15) is 42.4 Å².